The number of hydrogen-bond acceptors (Lipinski definition) is 31. The van der Waals surface area contributed by atoms with Crippen molar-refractivity contribution in [3.63, 3.8) is 0 Å². The van der Waals surface area contributed by atoms with Crippen molar-refractivity contribution in [3.8, 4) is 0 Å². The maximum Gasteiger partial charge on any atom is 3.00 e. The Hall–Kier alpha value is -4.21. The van der Waals surface area contributed by atoms with Crippen LogP contribution in [0.25, 0.3) is 0 Å². The molecular formula is C46H82GdN9O28. The predicted octanol–water partition coefficient (Wildman–Crippen LogP) is -18.9. The number of aliphatic hydroxyl groups is 16. The number of amides is 6. The Bertz CT molecular complexity index is 1770. The SMILES string of the molecule is O=C([O-])CN(CCN(CC(=O)[O-])CC(=O)N(CCNC(=O)[C@H](O)[C@H](O)[C@@H](O)CCO)CCNC(=O)[C@H](O)[C@H](O)[C@@H](O)CCO)CCN(CC(=O)[O-])CC(=O)N(CCNC(=O)[C@H](O)[C@H](O)[C@@H](O)CCO)CCNC(=O)[C@H](O)[C@H](O)[C@@H](O)CCO.[Gd+3]. The van der Waals surface area contributed by atoms with Crippen molar-refractivity contribution in [1.82, 2.24) is 45.8 Å². The predicted molar refractivity (Wildman–Crippen MR) is 268 cm³/mol. The number of hydrogen-bond donors (Lipinski definition) is 20. The minimum absolute atomic E-state index is 0. The summed E-state index contributed by atoms with van der Waals surface area (Å²) in [7, 11) is 0. The summed E-state index contributed by atoms with van der Waals surface area (Å²) in [5.74, 6) is -12.2. The average Bonchev–Trinajstić information content (AvgIpc) is 3.44. The van der Waals surface area contributed by atoms with Gasteiger partial charge in [0.05, 0.1) is 55.4 Å². The van der Waals surface area contributed by atoms with E-state index < -0.39 is 290 Å². The van der Waals surface area contributed by atoms with Gasteiger partial charge in [-0.05, 0) is 25.7 Å². The van der Waals surface area contributed by atoms with E-state index in [0.29, 0.717) is 0 Å². The van der Waals surface area contributed by atoms with Crippen LogP contribution in [0.4, 0.5) is 0 Å². The summed E-state index contributed by atoms with van der Waals surface area (Å²) in [5.41, 5.74) is 0. The van der Waals surface area contributed by atoms with E-state index in [0.717, 1.165) is 24.5 Å². The Kier molecular flexibility index (Phi) is 44.0. The van der Waals surface area contributed by atoms with Crippen LogP contribution in [0.5, 0.6) is 0 Å². The fourth-order valence-corrected chi connectivity index (χ4v) is 7.47. The zero-order valence-electron chi connectivity index (χ0n) is 45.7. The smallest absolute Gasteiger partial charge is 0.549 e. The number of carbonyl (C=O) groups excluding carboxylic acids is 9. The fraction of sp³-hybridized carbons (Fsp3) is 0.804. The van der Waals surface area contributed by atoms with E-state index in [1.807, 2.05) is 0 Å². The summed E-state index contributed by atoms with van der Waals surface area (Å²) < 4.78 is 0. The zero-order valence-corrected chi connectivity index (χ0v) is 48.0. The van der Waals surface area contributed by atoms with Crippen LogP contribution in [0.1, 0.15) is 25.7 Å². The van der Waals surface area contributed by atoms with Crippen LogP contribution < -0.4 is 36.6 Å². The minimum Gasteiger partial charge on any atom is -0.549 e. The molecule has 0 aromatic rings. The molecule has 38 heteroatoms. The van der Waals surface area contributed by atoms with Gasteiger partial charge in [0.2, 0.25) is 11.8 Å². The Morgan fingerprint density at radius 2 is 0.524 bits per heavy atom. The van der Waals surface area contributed by atoms with E-state index in [1.165, 1.54) is 0 Å². The maximum absolute atomic E-state index is 13.8. The number of carboxylic acids is 3. The summed E-state index contributed by atoms with van der Waals surface area (Å²) >= 11 is 0. The van der Waals surface area contributed by atoms with Crippen molar-refractivity contribution in [3.05, 3.63) is 0 Å². The molecule has 1 radical (unpaired) electrons. The number of nitrogens with one attached hydrogen (secondary N) is 4. The van der Waals surface area contributed by atoms with Crippen molar-refractivity contribution in [2.45, 2.75) is 98.9 Å². The number of rotatable bonds is 48. The third-order valence-electron chi connectivity index (χ3n) is 12.3. The first-order chi connectivity index (χ1) is 39.0. The third-order valence-corrected chi connectivity index (χ3v) is 12.3. The second-order valence-corrected chi connectivity index (χ2v) is 18.8. The zero-order chi connectivity index (χ0) is 63.5. The van der Waals surface area contributed by atoms with Gasteiger partial charge in [0.15, 0.2) is 24.4 Å². The molecule has 0 aromatic carbocycles. The van der Waals surface area contributed by atoms with Gasteiger partial charge in [-0.15, -0.1) is 0 Å². The van der Waals surface area contributed by atoms with Gasteiger partial charge < -0.3 is 142 Å². The molecule has 0 rings (SSSR count). The minimum atomic E-state index is -2.24. The Morgan fingerprint density at radius 1 is 0.321 bits per heavy atom. The van der Waals surface area contributed by atoms with Gasteiger partial charge in [-0.2, -0.15) is 0 Å². The number of aliphatic hydroxyl groups excluding tert-OH is 16. The topological polar surface area (TPSA) is 611 Å². The standard InChI is InChI=1S/C46H85N9O28.Gd/c56-17-1-26(60)35(72)39(76)43(80)47-5-9-54(10-6-48-44(81)40(77)36(73)27(61)2-18-57)30(64)21-52(24-33(68)69)15-13-51(23-32(66)67)14-16-53(25-34(70)71)22-31(65)55(11-7-49-45(82)41(78)37(74)28(62)3-19-58)12-8-50-46(83)42(79)38(75)29(63)4-20-59;/h26-29,35-42,56-63,72-79H,1-25H2,(H,47,80)(H,48,81)(H,49,82)(H,50,83)(H,66,67)(H,68,69)(H,70,71);/q;+3/p-3/t26-,27-,28-,29-,35+,36+,37+,38+,39+,40+,41+,42+;/m0./s1. The van der Waals surface area contributed by atoms with Gasteiger partial charge in [0.1, 0.15) is 24.4 Å². The summed E-state index contributed by atoms with van der Waals surface area (Å²) in [6.45, 7) is -13.1. The second kappa shape index (κ2) is 45.1. The monoisotopic (exact) mass is 1370 g/mol. The number of carboxylic acid groups (broad SMARTS) is 3. The molecule has 0 aliphatic heterocycles. The third kappa shape index (κ3) is 33.1. The van der Waals surface area contributed by atoms with Gasteiger partial charge in [0.25, 0.3) is 23.6 Å². The van der Waals surface area contributed by atoms with Crippen molar-refractivity contribution in [2.24, 2.45) is 0 Å². The molecule has 0 bridgehead atoms. The molecule has 0 aliphatic carbocycles. The Morgan fingerprint density at radius 3 is 0.726 bits per heavy atom. The molecular weight excluding hydrogens is 1280 g/mol. The van der Waals surface area contributed by atoms with E-state index in [-0.39, 0.29) is 39.9 Å². The molecule has 6 amide bonds. The van der Waals surface area contributed by atoms with Gasteiger partial charge in [0, 0.05) is 125 Å². The second-order valence-electron chi connectivity index (χ2n) is 18.8. The average molecular weight is 1370 g/mol. The molecule has 84 heavy (non-hydrogen) atoms. The molecule has 0 aromatic heterocycles. The van der Waals surface area contributed by atoms with Gasteiger partial charge in [-0.1, -0.05) is 0 Å². The molecule has 0 unspecified atom stereocenters. The van der Waals surface area contributed by atoms with E-state index in [1.54, 1.807) is 0 Å². The largest absolute Gasteiger partial charge is 3.00 e. The van der Waals surface area contributed by atoms with Crippen LogP contribution in [0.3, 0.4) is 0 Å². The summed E-state index contributed by atoms with van der Waals surface area (Å²) in [6, 6.07) is 0. The Balaban J connectivity index is 0. The van der Waals surface area contributed by atoms with Gasteiger partial charge in [-0.3, -0.25) is 43.5 Å². The summed E-state index contributed by atoms with van der Waals surface area (Å²) in [5, 5.41) is 201. The molecule has 0 aliphatic rings. The normalized spacial score (nSPS) is 15.8. The number of aliphatic carboxylic acids is 3. The summed E-state index contributed by atoms with van der Waals surface area (Å²) in [6.07, 6.45) is -25.9. The fourth-order valence-electron chi connectivity index (χ4n) is 7.47. The number of carbonyl (C=O) groups is 9. The molecule has 37 nitrogen and oxygen atoms in total. The van der Waals surface area contributed by atoms with Crippen LogP contribution in [0, 0.1) is 39.9 Å². The first kappa shape index (κ1) is 81.9. The van der Waals surface area contributed by atoms with Gasteiger partial charge >= 0.3 is 39.9 Å². The first-order valence-electron chi connectivity index (χ1n) is 26.0. The maximum atomic E-state index is 13.8. The molecule has 12 atom stereocenters. The quantitative estimate of drug-likeness (QED) is 0.0269. The van der Waals surface area contributed by atoms with E-state index in [2.05, 4.69) is 21.3 Å². The molecule has 487 valence electrons. The van der Waals surface area contributed by atoms with Crippen LogP contribution >= 0.6 is 0 Å². The Labute approximate surface area is 513 Å². The van der Waals surface area contributed by atoms with Crippen LogP contribution in [0.15, 0.2) is 0 Å². The first-order valence-corrected chi connectivity index (χ1v) is 26.0. The van der Waals surface area contributed by atoms with E-state index >= 15 is 0 Å². The molecule has 0 fully saturated rings. The number of nitrogens with zero attached hydrogens (tertiary/aromatic N) is 5. The van der Waals surface area contributed by atoms with Crippen molar-refractivity contribution >= 4 is 53.4 Å². The molecule has 20 N–H and O–H groups in total. The van der Waals surface area contributed by atoms with Gasteiger partial charge in [-0.25, -0.2) is 0 Å². The van der Waals surface area contributed by atoms with E-state index in [4.69, 9.17) is 20.4 Å². The van der Waals surface area contributed by atoms with E-state index in [9.17, 15) is 120 Å². The molecule has 0 saturated carbocycles. The van der Waals surface area contributed by atoms with Crippen molar-refractivity contribution in [1.29, 1.82) is 0 Å². The molecule has 0 heterocycles. The molecule has 0 spiro atoms. The van der Waals surface area contributed by atoms with Crippen LogP contribution in [-0.4, -0.2) is 370 Å². The van der Waals surface area contributed by atoms with Crippen molar-refractivity contribution < 1.29 is 180 Å². The van der Waals surface area contributed by atoms with Crippen LogP contribution in [0.2, 0.25) is 0 Å². The summed E-state index contributed by atoms with van der Waals surface area (Å²) in [4.78, 5) is 118. The molecule has 0 saturated heterocycles. The van der Waals surface area contributed by atoms with Crippen molar-refractivity contribution in [2.75, 3.05) is 138 Å². The van der Waals surface area contributed by atoms with Crippen LogP contribution in [-0.2, 0) is 43.2 Å².